The van der Waals surface area contributed by atoms with Gasteiger partial charge in [-0.3, -0.25) is 0 Å². The minimum Gasteiger partial charge on any atom is -0.352 e. The summed E-state index contributed by atoms with van der Waals surface area (Å²) < 4.78 is 0. The quantitative estimate of drug-likeness (QED) is 0.724. The van der Waals surface area contributed by atoms with Crippen molar-refractivity contribution in [3.05, 3.63) is 64.8 Å². The summed E-state index contributed by atoms with van der Waals surface area (Å²) in [5.74, 6) is 0.957. The van der Waals surface area contributed by atoms with Gasteiger partial charge in [-0.1, -0.05) is 12.1 Å². The number of fused-ring (bicyclic) bond motifs is 1. The smallest absolute Gasteiger partial charge is 0.132 e. The van der Waals surface area contributed by atoms with Gasteiger partial charge in [0.05, 0.1) is 22.2 Å². The Bertz CT molecular complexity index is 880. The van der Waals surface area contributed by atoms with Crippen LogP contribution in [0.3, 0.4) is 0 Å². The number of thiophene rings is 1. The fourth-order valence-electron chi connectivity index (χ4n) is 2.90. The van der Waals surface area contributed by atoms with Crippen LogP contribution in [-0.4, -0.2) is 16.5 Å². The van der Waals surface area contributed by atoms with E-state index in [4.69, 9.17) is 5.26 Å². The standard InChI is InChI=1S/C18H14N4S/c19-10-13-3-4-15-11-22(6-5-14(15)8-13)18-9-16(20-12-21-18)17-2-1-7-23-17/h1-4,7-9,12H,5-6,11H2. The van der Waals surface area contributed by atoms with Crippen molar-refractivity contribution in [1.82, 2.24) is 9.97 Å². The third-order valence-corrected chi connectivity index (χ3v) is 4.99. The largest absolute Gasteiger partial charge is 0.352 e. The van der Waals surface area contributed by atoms with E-state index in [0.717, 1.165) is 41.5 Å². The molecule has 1 aliphatic heterocycles. The molecule has 0 atom stereocenters. The van der Waals surface area contributed by atoms with E-state index in [-0.39, 0.29) is 0 Å². The van der Waals surface area contributed by atoms with Crippen molar-refractivity contribution in [3.8, 4) is 16.6 Å². The molecule has 0 aliphatic carbocycles. The molecule has 0 saturated heterocycles. The Labute approximate surface area is 138 Å². The van der Waals surface area contributed by atoms with Crippen molar-refractivity contribution in [1.29, 1.82) is 5.26 Å². The molecule has 0 bridgehead atoms. The fraction of sp³-hybridized carbons (Fsp3) is 0.167. The molecule has 5 heteroatoms. The molecule has 0 unspecified atom stereocenters. The Morgan fingerprint density at radius 1 is 1.13 bits per heavy atom. The molecule has 0 N–H and O–H groups in total. The zero-order chi connectivity index (χ0) is 15.6. The van der Waals surface area contributed by atoms with E-state index >= 15 is 0 Å². The lowest BCUT2D eigenvalue weighted by molar-refractivity contribution is 0.719. The van der Waals surface area contributed by atoms with Crippen LogP contribution in [0.5, 0.6) is 0 Å². The molecule has 1 aliphatic rings. The number of anilines is 1. The first-order chi connectivity index (χ1) is 11.3. The lowest BCUT2D eigenvalue weighted by atomic mass is 9.97. The molecule has 1 aromatic carbocycles. The van der Waals surface area contributed by atoms with Gasteiger partial charge in [0.2, 0.25) is 0 Å². The van der Waals surface area contributed by atoms with Gasteiger partial charge in [0.1, 0.15) is 12.1 Å². The fourth-order valence-corrected chi connectivity index (χ4v) is 3.59. The first kappa shape index (κ1) is 13.9. The van der Waals surface area contributed by atoms with Crippen LogP contribution in [0.1, 0.15) is 16.7 Å². The number of aromatic nitrogens is 2. The van der Waals surface area contributed by atoms with Crippen LogP contribution in [0.15, 0.2) is 48.1 Å². The molecule has 4 nitrogen and oxygen atoms in total. The normalized spacial score (nSPS) is 13.4. The minimum atomic E-state index is 0.735. The second kappa shape index (κ2) is 5.82. The Hall–Kier alpha value is -2.71. The van der Waals surface area contributed by atoms with Crippen molar-refractivity contribution in [2.75, 3.05) is 11.4 Å². The third kappa shape index (κ3) is 2.69. The SMILES string of the molecule is N#Cc1ccc2c(c1)CCN(c1cc(-c3cccs3)ncn1)C2. The summed E-state index contributed by atoms with van der Waals surface area (Å²) in [6.45, 7) is 1.73. The predicted octanol–water partition coefficient (Wildman–Crippen LogP) is 3.64. The number of benzene rings is 1. The van der Waals surface area contributed by atoms with Gasteiger partial charge >= 0.3 is 0 Å². The number of rotatable bonds is 2. The Morgan fingerprint density at radius 2 is 2.09 bits per heavy atom. The highest BCUT2D eigenvalue weighted by Crippen LogP contribution is 2.28. The van der Waals surface area contributed by atoms with Gasteiger partial charge in [-0.2, -0.15) is 5.26 Å². The summed E-state index contributed by atoms with van der Waals surface area (Å²) >= 11 is 1.68. The van der Waals surface area contributed by atoms with Crippen LogP contribution in [0.4, 0.5) is 5.82 Å². The Kier molecular flexibility index (Phi) is 3.52. The van der Waals surface area contributed by atoms with E-state index in [0.29, 0.717) is 0 Å². The van der Waals surface area contributed by atoms with Gasteiger partial charge in [-0.05, 0) is 41.1 Å². The van der Waals surface area contributed by atoms with Crippen LogP contribution in [0, 0.1) is 11.3 Å². The highest BCUT2D eigenvalue weighted by atomic mass is 32.1. The van der Waals surface area contributed by atoms with Gasteiger partial charge in [-0.25, -0.2) is 9.97 Å². The topological polar surface area (TPSA) is 52.8 Å². The molecule has 0 radical (unpaired) electrons. The van der Waals surface area contributed by atoms with Gasteiger partial charge in [0, 0.05) is 19.2 Å². The average Bonchev–Trinajstić information content (AvgIpc) is 3.15. The average molecular weight is 318 g/mol. The second-order valence-corrected chi connectivity index (χ2v) is 6.45. The van der Waals surface area contributed by atoms with E-state index in [1.54, 1.807) is 17.7 Å². The summed E-state index contributed by atoms with van der Waals surface area (Å²) in [5.41, 5.74) is 4.24. The molecule has 0 spiro atoms. The number of hydrogen-bond acceptors (Lipinski definition) is 5. The summed E-state index contributed by atoms with van der Waals surface area (Å²) in [5, 5.41) is 11.1. The molecule has 4 rings (SSSR count). The Morgan fingerprint density at radius 3 is 2.91 bits per heavy atom. The monoisotopic (exact) mass is 318 g/mol. The summed E-state index contributed by atoms with van der Waals surface area (Å²) in [7, 11) is 0. The van der Waals surface area contributed by atoms with Crippen LogP contribution in [0.25, 0.3) is 10.6 Å². The van der Waals surface area contributed by atoms with E-state index in [2.05, 4.69) is 44.5 Å². The van der Waals surface area contributed by atoms with E-state index in [9.17, 15) is 0 Å². The zero-order valence-corrected chi connectivity index (χ0v) is 13.3. The first-order valence-electron chi connectivity index (χ1n) is 7.46. The molecular weight excluding hydrogens is 304 g/mol. The molecule has 23 heavy (non-hydrogen) atoms. The lowest BCUT2D eigenvalue weighted by Crippen LogP contribution is -2.31. The third-order valence-electron chi connectivity index (χ3n) is 4.10. The maximum Gasteiger partial charge on any atom is 0.132 e. The van der Waals surface area contributed by atoms with Crippen molar-refractivity contribution in [3.63, 3.8) is 0 Å². The Balaban J connectivity index is 1.62. The molecule has 112 valence electrons. The van der Waals surface area contributed by atoms with Crippen LogP contribution in [-0.2, 0) is 13.0 Å². The summed E-state index contributed by atoms with van der Waals surface area (Å²) in [4.78, 5) is 12.3. The van der Waals surface area contributed by atoms with Crippen molar-refractivity contribution >= 4 is 17.2 Å². The zero-order valence-electron chi connectivity index (χ0n) is 12.4. The van der Waals surface area contributed by atoms with Crippen molar-refractivity contribution in [2.24, 2.45) is 0 Å². The lowest BCUT2D eigenvalue weighted by Gasteiger charge is -2.30. The van der Waals surface area contributed by atoms with E-state index < -0.39 is 0 Å². The van der Waals surface area contributed by atoms with Crippen LogP contribution >= 0.6 is 11.3 Å². The summed E-state index contributed by atoms with van der Waals surface area (Å²) in [6, 6.07) is 14.3. The number of nitriles is 1. The number of hydrogen-bond donors (Lipinski definition) is 0. The molecule has 0 fully saturated rings. The van der Waals surface area contributed by atoms with Gasteiger partial charge < -0.3 is 4.90 Å². The van der Waals surface area contributed by atoms with E-state index in [1.807, 2.05) is 18.2 Å². The molecule has 0 amide bonds. The summed E-state index contributed by atoms with van der Waals surface area (Å²) in [6.07, 6.45) is 2.57. The highest BCUT2D eigenvalue weighted by molar-refractivity contribution is 7.13. The number of nitrogens with zero attached hydrogens (tertiary/aromatic N) is 4. The second-order valence-electron chi connectivity index (χ2n) is 5.51. The molecular formula is C18H14N4S. The molecule has 3 heterocycles. The predicted molar refractivity (Wildman–Crippen MR) is 91.3 cm³/mol. The van der Waals surface area contributed by atoms with Crippen molar-refractivity contribution < 1.29 is 0 Å². The van der Waals surface area contributed by atoms with Gasteiger partial charge in [-0.15, -0.1) is 11.3 Å². The molecule has 0 saturated carbocycles. The van der Waals surface area contributed by atoms with Crippen LogP contribution < -0.4 is 4.90 Å². The maximum absolute atomic E-state index is 9.01. The first-order valence-corrected chi connectivity index (χ1v) is 8.34. The van der Waals surface area contributed by atoms with Gasteiger partial charge in [0.25, 0.3) is 0 Å². The maximum atomic E-state index is 9.01. The van der Waals surface area contributed by atoms with Gasteiger partial charge in [0.15, 0.2) is 0 Å². The molecule has 3 aromatic rings. The minimum absolute atomic E-state index is 0.735. The van der Waals surface area contributed by atoms with Crippen molar-refractivity contribution in [2.45, 2.75) is 13.0 Å². The highest BCUT2D eigenvalue weighted by Gasteiger charge is 2.18. The molecule has 2 aromatic heterocycles. The van der Waals surface area contributed by atoms with Crippen LogP contribution in [0.2, 0.25) is 0 Å². The van der Waals surface area contributed by atoms with E-state index in [1.165, 1.54) is 11.1 Å².